The minimum absolute atomic E-state index is 0.0741. The zero-order chi connectivity index (χ0) is 26.3. The van der Waals surface area contributed by atoms with E-state index in [4.69, 9.17) is 16.3 Å². The zero-order valence-corrected chi connectivity index (χ0v) is 19.8. The first-order valence-electron chi connectivity index (χ1n) is 11.0. The summed E-state index contributed by atoms with van der Waals surface area (Å²) in [5.74, 6) is -0.285. The normalized spacial score (nSPS) is 21.2. The van der Waals surface area contributed by atoms with Gasteiger partial charge in [-0.15, -0.1) is 0 Å². The van der Waals surface area contributed by atoms with Gasteiger partial charge in [0.15, 0.2) is 0 Å². The summed E-state index contributed by atoms with van der Waals surface area (Å²) < 4.78 is 85.9. The van der Waals surface area contributed by atoms with E-state index in [0.717, 1.165) is 5.57 Å². The van der Waals surface area contributed by atoms with Crippen molar-refractivity contribution in [3.8, 4) is 0 Å². The molecule has 0 atom stereocenters. The van der Waals surface area contributed by atoms with E-state index in [1.54, 1.807) is 42.5 Å². The van der Waals surface area contributed by atoms with Gasteiger partial charge in [0.05, 0.1) is 17.7 Å². The van der Waals surface area contributed by atoms with E-state index >= 15 is 0 Å². The smallest absolute Gasteiger partial charge is 0.416 e. The summed E-state index contributed by atoms with van der Waals surface area (Å²) in [6, 6.07) is 1.37. The molecule has 1 aromatic carbocycles. The van der Waals surface area contributed by atoms with Crippen molar-refractivity contribution in [1.29, 1.82) is 0 Å². The Morgan fingerprint density at radius 1 is 1.00 bits per heavy atom. The van der Waals surface area contributed by atoms with Crippen molar-refractivity contribution < 1.29 is 35.9 Å². The molecule has 0 saturated heterocycles. The van der Waals surface area contributed by atoms with Gasteiger partial charge in [0.2, 0.25) is 5.88 Å². The lowest BCUT2D eigenvalue weighted by Crippen LogP contribution is -2.38. The monoisotopic (exact) mass is 530 g/mol. The van der Waals surface area contributed by atoms with Crippen LogP contribution in [0.3, 0.4) is 0 Å². The number of hydrogen-bond donors (Lipinski definition) is 0. The molecule has 0 bridgehead atoms. The van der Waals surface area contributed by atoms with E-state index < -0.39 is 35.9 Å². The van der Waals surface area contributed by atoms with Gasteiger partial charge in [0.1, 0.15) is 5.57 Å². The molecule has 4 nitrogen and oxygen atoms in total. The maximum absolute atomic E-state index is 13.7. The SMILES string of the molecule is CN1C=CC(=C2C=CC(Cl)=CC2)C2=C1OCCCN(Cc1cc(C(F)(F)F)cc(C(F)(F)F)c1)C2=O. The highest BCUT2D eigenvalue weighted by Gasteiger charge is 2.38. The summed E-state index contributed by atoms with van der Waals surface area (Å²) in [6.45, 7) is -0.133. The van der Waals surface area contributed by atoms with Crippen molar-refractivity contribution in [2.24, 2.45) is 0 Å². The van der Waals surface area contributed by atoms with Gasteiger partial charge >= 0.3 is 12.4 Å². The number of benzene rings is 1. The maximum Gasteiger partial charge on any atom is 0.416 e. The van der Waals surface area contributed by atoms with Crippen molar-refractivity contribution in [2.45, 2.75) is 31.7 Å². The molecule has 1 aromatic rings. The van der Waals surface area contributed by atoms with Crippen LogP contribution in [-0.2, 0) is 28.4 Å². The third-order valence-electron chi connectivity index (χ3n) is 5.91. The number of amides is 1. The van der Waals surface area contributed by atoms with Crippen LogP contribution < -0.4 is 0 Å². The Labute approximate surface area is 208 Å². The van der Waals surface area contributed by atoms with Crippen LogP contribution >= 0.6 is 11.6 Å². The quantitative estimate of drug-likeness (QED) is 0.408. The lowest BCUT2D eigenvalue weighted by atomic mass is 9.92. The molecule has 192 valence electrons. The Balaban J connectivity index is 1.75. The molecule has 0 aromatic heterocycles. The van der Waals surface area contributed by atoms with Crippen LogP contribution in [0, 0.1) is 0 Å². The van der Waals surface area contributed by atoms with Gasteiger partial charge in [-0.05, 0) is 59.9 Å². The number of rotatable bonds is 2. The molecule has 0 radical (unpaired) electrons. The Morgan fingerprint density at radius 2 is 1.67 bits per heavy atom. The van der Waals surface area contributed by atoms with Crippen LogP contribution in [0.1, 0.15) is 29.5 Å². The van der Waals surface area contributed by atoms with Gasteiger partial charge in [-0.1, -0.05) is 23.8 Å². The Bertz CT molecular complexity index is 1190. The molecule has 0 N–H and O–H groups in total. The molecule has 4 rings (SSSR count). The summed E-state index contributed by atoms with van der Waals surface area (Å²) in [6.07, 6.45) is -0.532. The standard InChI is InChI=1S/C25H21ClF6N2O2/c1-33-9-7-20(16-3-5-19(26)6-4-16)21-22(35)34(8-2-10-36-23(21)33)14-15-11-17(24(27,28)29)13-18(12-15)25(30,31)32/h3,5-7,9,11-13H,2,4,8,10,14H2,1H3. The molecule has 0 saturated carbocycles. The highest BCUT2D eigenvalue weighted by atomic mass is 35.5. The minimum atomic E-state index is -4.98. The van der Waals surface area contributed by atoms with E-state index in [0.29, 0.717) is 35.6 Å². The molecule has 0 spiro atoms. The summed E-state index contributed by atoms with van der Waals surface area (Å²) in [5, 5.41) is 0.539. The fourth-order valence-electron chi connectivity index (χ4n) is 4.17. The molecule has 3 aliphatic rings. The van der Waals surface area contributed by atoms with E-state index in [-0.39, 0.29) is 36.2 Å². The van der Waals surface area contributed by atoms with E-state index in [9.17, 15) is 31.1 Å². The largest absolute Gasteiger partial charge is 0.478 e. The summed E-state index contributed by atoms with van der Waals surface area (Å²) in [5.41, 5.74) is -1.60. The molecule has 1 amide bonds. The first-order chi connectivity index (χ1) is 16.8. The lowest BCUT2D eigenvalue weighted by Gasteiger charge is -2.33. The van der Waals surface area contributed by atoms with Crippen LogP contribution in [0.25, 0.3) is 0 Å². The molecule has 0 unspecified atom stereocenters. The fourth-order valence-corrected chi connectivity index (χ4v) is 4.31. The second-order valence-electron chi connectivity index (χ2n) is 8.52. The Hall–Kier alpha value is -3.14. The fraction of sp³-hybridized carbons (Fsp3) is 0.320. The van der Waals surface area contributed by atoms with Crippen LogP contribution in [0.2, 0.25) is 0 Å². The van der Waals surface area contributed by atoms with Crippen molar-refractivity contribution in [2.75, 3.05) is 20.2 Å². The third kappa shape index (κ3) is 5.48. The second-order valence-corrected chi connectivity index (χ2v) is 8.95. The lowest BCUT2D eigenvalue weighted by molar-refractivity contribution is -0.143. The third-order valence-corrected chi connectivity index (χ3v) is 6.19. The molecular weight excluding hydrogens is 510 g/mol. The van der Waals surface area contributed by atoms with Crippen LogP contribution in [0.15, 0.2) is 76.3 Å². The van der Waals surface area contributed by atoms with Gasteiger partial charge in [0, 0.05) is 31.4 Å². The van der Waals surface area contributed by atoms with Crippen molar-refractivity contribution in [1.82, 2.24) is 9.80 Å². The number of carbonyl (C=O) groups excluding carboxylic acids is 1. The van der Waals surface area contributed by atoms with Gasteiger partial charge in [-0.2, -0.15) is 26.3 Å². The maximum atomic E-state index is 13.7. The molecule has 11 heteroatoms. The number of alkyl halides is 6. The highest BCUT2D eigenvalue weighted by Crippen LogP contribution is 2.38. The number of halogens is 7. The van der Waals surface area contributed by atoms with Crippen LogP contribution in [0.4, 0.5) is 26.3 Å². The summed E-state index contributed by atoms with van der Waals surface area (Å²) >= 11 is 6.01. The van der Waals surface area contributed by atoms with E-state index in [1.165, 1.54) is 4.90 Å². The molecule has 2 heterocycles. The predicted molar refractivity (Wildman–Crippen MR) is 121 cm³/mol. The van der Waals surface area contributed by atoms with Crippen molar-refractivity contribution in [3.05, 3.63) is 93.0 Å². The van der Waals surface area contributed by atoms with Gasteiger partial charge in [0.25, 0.3) is 5.91 Å². The average Bonchev–Trinajstić information content (AvgIpc) is 2.79. The number of ether oxygens (including phenoxy) is 1. The Morgan fingerprint density at radius 3 is 2.25 bits per heavy atom. The molecule has 36 heavy (non-hydrogen) atoms. The molecular formula is C25H21ClF6N2O2. The van der Waals surface area contributed by atoms with Gasteiger partial charge < -0.3 is 14.5 Å². The number of nitrogens with zero attached hydrogens (tertiary/aromatic N) is 2. The van der Waals surface area contributed by atoms with Crippen LogP contribution in [-0.4, -0.2) is 35.9 Å². The topological polar surface area (TPSA) is 32.8 Å². The highest BCUT2D eigenvalue weighted by molar-refractivity contribution is 6.31. The van der Waals surface area contributed by atoms with Crippen molar-refractivity contribution in [3.63, 3.8) is 0 Å². The number of allylic oxidation sites excluding steroid dienone is 6. The van der Waals surface area contributed by atoms with Gasteiger partial charge in [-0.25, -0.2) is 0 Å². The van der Waals surface area contributed by atoms with E-state index in [1.807, 2.05) is 0 Å². The minimum Gasteiger partial charge on any atom is -0.478 e. The van der Waals surface area contributed by atoms with Gasteiger partial charge in [-0.3, -0.25) is 4.79 Å². The first kappa shape index (κ1) is 25.9. The second kappa shape index (κ2) is 9.72. The summed E-state index contributed by atoms with van der Waals surface area (Å²) in [7, 11) is 1.68. The first-order valence-corrected chi connectivity index (χ1v) is 11.4. The molecule has 1 aliphatic carbocycles. The number of carbonyl (C=O) groups is 1. The zero-order valence-electron chi connectivity index (χ0n) is 19.0. The van der Waals surface area contributed by atoms with Crippen molar-refractivity contribution >= 4 is 17.5 Å². The number of hydrogen-bond acceptors (Lipinski definition) is 3. The van der Waals surface area contributed by atoms with E-state index in [2.05, 4.69) is 0 Å². The predicted octanol–water partition coefficient (Wildman–Crippen LogP) is 6.52. The molecule has 2 aliphatic heterocycles. The van der Waals surface area contributed by atoms with Crippen LogP contribution in [0.5, 0.6) is 0 Å². The Kier molecular flexibility index (Phi) is 7.01. The average molecular weight is 531 g/mol. The molecule has 0 fully saturated rings. The summed E-state index contributed by atoms with van der Waals surface area (Å²) in [4.78, 5) is 16.6.